The molecule has 0 bridgehead atoms. The van der Waals surface area contributed by atoms with Crippen molar-refractivity contribution in [1.82, 2.24) is 14.9 Å². The Hall–Kier alpha value is -3.05. The highest BCUT2D eigenvalue weighted by molar-refractivity contribution is 5.96. The highest BCUT2D eigenvalue weighted by atomic mass is 16.5. The number of aromatic nitrogens is 2. The molecule has 1 aromatic rings. The molecular weight excluding hydrogens is 500 g/mol. The number of esters is 1. The normalized spacial score (nSPS) is 36.7. The van der Waals surface area contributed by atoms with Gasteiger partial charge in [0.25, 0.3) is 5.56 Å². The van der Waals surface area contributed by atoms with Crippen molar-refractivity contribution >= 4 is 18.0 Å². The molecule has 10 heteroatoms. The minimum atomic E-state index is -0.647. The van der Waals surface area contributed by atoms with Crippen LogP contribution in [0.1, 0.15) is 38.7 Å². The lowest BCUT2D eigenvalue weighted by molar-refractivity contribution is -0.156. The number of aromatic amines is 1. The van der Waals surface area contributed by atoms with Crippen LogP contribution < -0.4 is 11.3 Å². The number of allylic oxidation sites excluding steroid dienone is 2. The third-order valence-corrected chi connectivity index (χ3v) is 9.49. The van der Waals surface area contributed by atoms with E-state index in [0.717, 1.165) is 31.5 Å². The standard InChI is InChI=1S/C29H38N4O6/c1-17-21(5-4-18-12-20(39-26(18)37)13-19-15-31-27(30)32-25(19)36)28(2)7-6-24(35)29(3,16-34)23(28)14-22(17)33-8-10-38-11-9-33/h4-5,12-13,15,21-24,34-35H,1,6-11,14,16H2,2-3H3,(H3,30,31,32,36)/b5-4+,20-13+/t21?,22?,23?,24-,28-,29+/m1/s1. The molecule has 3 fully saturated rings. The van der Waals surface area contributed by atoms with Crippen molar-refractivity contribution in [2.45, 2.75) is 45.3 Å². The number of anilines is 1. The smallest absolute Gasteiger partial charge is 0.343 e. The highest BCUT2D eigenvalue weighted by Gasteiger charge is 2.59. The third-order valence-electron chi connectivity index (χ3n) is 9.49. The van der Waals surface area contributed by atoms with E-state index in [4.69, 9.17) is 15.2 Å². The number of H-pyrrole nitrogens is 1. The molecule has 0 radical (unpaired) electrons. The van der Waals surface area contributed by atoms with Gasteiger partial charge < -0.3 is 25.4 Å². The van der Waals surface area contributed by atoms with Crippen LogP contribution in [0.15, 0.2) is 52.7 Å². The Labute approximate surface area is 227 Å². The fourth-order valence-electron chi connectivity index (χ4n) is 7.15. The number of nitrogens with two attached hydrogens (primary N) is 1. The molecule has 3 unspecified atom stereocenters. The molecule has 5 N–H and O–H groups in total. The summed E-state index contributed by atoms with van der Waals surface area (Å²) in [7, 11) is 0. The number of aliphatic hydroxyl groups excluding tert-OH is 2. The molecule has 2 aliphatic heterocycles. The molecule has 6 atom stereocenters. The Kier molecular flexibility index (Phi) is 7.41. The Bertz CT molecular complexity index is 1290. The molecule has 39 heavy (non-hydrogen) atoms. The van der Waals surface area contributed by atoms with E-state index in [0.29, 0.717) is 25.2 Å². The van der Waals surface area contributed by atoms with Crippen LogP contribution in [-0.2, 0) is 14.3 Å². The molecule has 2 saturated carbocycles. The van der Waals surface area contributed by atoms with Crippen LogP contribution >= 0.6 is 0 Å². The van der Waals surface area contributed by atoms with Gasteiger partial charge in [0.2, 0.25) is 0 Å². The monoisotopic (exact) mass is 538 g/mol. The summed E-state index contributed by atoms with van der Waals surface area (Å²) in [4.78, 5) is 33.6. The fraction of sp³-hybridized carbons (Fsp3) is 0.552. The Morgan fingerprint density at radius 3 is 2.74 bits per heavy atom. The van der Waals surface area contributed by atoms with Crippen molar-refractivity contribution in [3.63, 3.8) is 0 Å². The second-order valence-electron chi connectivity index (χ2n) is 11.7. The summed E-state index contributed by atoms with van der Waals surface area (Å²) in [5.74, 6) is -0.315. The molecule has 5 rings (SSSR count). The van der Waals surface area contributed by atoms with E-state index in [1.165, 1.54) is 12.3 Å². The maximum atomic E-state index is 12.7. The van der Waals surface area contributed by atoms with Crippen molar-refractivity contribution < 1.29 is 24.5 Å². The number of fused-ring (bicyclic) bond motifs is 1. The van der Waals surface area contributed by atoms with Gasteiger partial charge in [0.1, 0.15) is 5.76 Å². The molecule has 10 nitrogen and oxygen atoms in total. The number of nitrogens with one attached hydrogen (secondary N) is 1. The number of carbonyl (C=O) groups is 1. The molecule has 1 aromatic heterocycles. The highest BCUT2D eigenvalue weighted by Crippen LogP contribution is 2.61. The third kappa shape index (κ3) is 4.91. The number of rotatable bonds is 5. The van der Waals surface area contributed by atoms with Crippen LogP contribution in [0, 0.1) is 22.7 Å². The van der Waals surface area contributed by atoms with Crippen LogP contribution in [0.2, 0.25) is 0 Å². The van der Waals surface area contributed by atoms with E-state index < -0.39 is 23.0 Å². The van der Waals surface area contributed by atoms with Gasteiger partial charge in [-0.15, -0.1) is 0 Å². The van der Waals surface area contributed by atoms with E-state index in [1.54, 1.807) is 12.2 Å². The zero-order chi connectivity index (χ0) is 27.9. The molecule has 210 valence electrons. The predicted octanol–water partition coefficient (Wildman–Crippen LogP) is 1.79. The molecule has 3 heterocycles. The maximum Gasteiger partial charge on any atom is 0.343 e. The number of hydrogen-bond acceptors (Lipinski definition) is 9. The molecule has 0 spiro atoms. The molecule has 1 saturated heterocycles. The van der Waals surface area contributed by atoms with Gasteiger partial charge in [-0.25, -0.2) is 9.78 Å². The number of aliphatic hydroxyl groups is 2. The van der Waals surface area contributed by atoms with Crippen LogP contribution in [0.3, 0.4) is 0 Å². The van der Waals surface area contributed by atoms with Crippen LogP contribution in [-0.4, -0.2) is 76.1 Å². The predicted molar refractivity (Wildman–Crippen MR) is 146 cm³/mol. The largest absolute Gasteiger partial charge is 0.423 e. The number of cyclic esters (lactones) is 1. The van der Waals surface area contributed by atoms with E-state index in [2.05, 4.69) is 28.4 Å². The lowest BCUT2D eigenvalue weighted by Crippen LogP contribution is -2.61. The van der Waals surface area contributed by atoms with Gasteiger partial charge >= 0.3 is 5.97 Å². The summed E-state index contributed by atoms with van der Waals surface area (Å²) < 4.78 is 11.0. The molecular formula is C29H38N4O6. The summed E-state index contributed by atoms with van der Waals surface area (Å²) in [6, 6.07) is 0.0718. The summed E-state index contributed by atoms with van der Waals surface area (Å²) in [6.45, 7) is 11.6. The van der Waals surface area contributed by atoms with Gasteiger partial charge in [-0.2, -0.15) is 0 Å². The van der Waals surface area contributed by atoms with Crippen molar-refractivity contribution in [3.05, 3.63) is 63.8 Å². The number of hydrogen-bond donors (Lipinski definition) is 4. The van der Waals surface area contributed by atoms with Gasteiger partial charge in [0.15, 0.2) is 5.95 Å². The summed E-state index contributed by atoms with van der Waals surface area (Å²) in [6.07, 6.45) is 9.76. The Morgan fingerprint density at radius 2 is 2.05 bits per heavy atom. The van der Waals surface area contributed by atoms with Gasteiger partial charge in [0, 0.05) is 36.7 Å². The SMILES string of the molecule is C=C1C(N2CCOCC2)CC2[C@](C)(CC[C@@H](O)[C@@]2(C)CO)C1/C=C/C1=CC(=C\c2cnc(N)[nH]c2=O)/OC1=O. The number of ether oxygens (including phenoxy) is 2. The minimum Gasteiger partial charge on any atom is -0.423 e. The van der Waals surface area contributed by atoms with Crippen LogP contribution in [0.5, 0.6) is 0 Å². The summed E-state index contributed by atoms with van der Waals surface area (Å²) >= 11 is 0. The van der Waals surface area contributed by atoms with Crippen molar-refractivity contribution in [2.24, 2.45) is 22.7 Å². The lowest BCUT2D eigenvalue weighted by Gasteiger charge is -2.62. The molecule has 0 aromatic carbocycles. The molecule has 0 amide bonds. The molecule has 4 aliphatic rings. The Morgan fingerprint density at radius 1 is 1.31 bits per heavy atom. The maximum absolute atomic E-state index is 12.7. The van der Waals surface area contributed by atoms with Crippen molar-refractivity contribution in [1.29, 1.82) is 0 Å². The number of carbonyl (C=O) groups excluding carboxylic acids is 1. The average molecular weight is 539 g/mol. The second-order valence-corrected chi connectivity index (χ2v) is 11.7. The second kappa shape index (κ2) is 10.5. The Balaban J connectivity index is 1.48. The first-order valence-corrected chi connectivity index (χ1v) is 13.5. The number of nitrogens with zero attached hydrogens (tertiary/aromatic N) is 2. The summed E-state index contributed by atoms with van der Waals surface area (Å²) in [5, 5.41) is 21.5. The number of morpholine rings is 1. The number of nitrogen functional groups attached to an aromatic ring is 1. The quantitative estimate of drug-likeness (QED) is 0.325. The van der Waals surface area contributed by atoms with Crippen LogP contribution in [0.4, 0.5) is 5.95 Å². The summed E-state index contributed by atoms with van der Waals surface area (Å²) in [5.41, 5.74) is 5.83. The van der Waals surface area contributed by atoms with Gasteiger partial charge in [-0.1, -0.05) is 38.2 Å². The van der Waals surface area contributed by atoms with Crippen molar-refractivity contribution in [2.75, 3.05) is 38.6 Å². The zero-order valence-corrected chi connectivity index (χ0v) is 22.6. The van der Waals surface area contributed by atoms with E-state index >= 15 is 0 Å². The fourth-order valence-corrected chi connectivity index (χ4v) is 7.15. The van der Waals surface area contributed by atoms with E-state index in [9.17, 15) is 19.8 Å². The van der Waals surface area contributed by atoms with Crippen LogP contribution in [0.25, 0.3) is 6.08 Å². The minimum absolute atomic E-state index is 0.00662. The van der Waals surface area contributed by atoms with E-state index in [-0.39, 0.29) is 47.2 Å². The first-order chi connectivity index (χ1) is 18.6. The topological polar surface area (TPSA) is 151 Å². The lowest BCUT2D eigenvalue weighted by atomic mass is 9.45. The van der Waals surface area contributed by atoms with E-state index in [1.807, 2.05) is 13.0 Å². The first kappa shape index (κ1) is 27.5. The van der Waals surface area contributed by atoms with Gasteiger partial charge in [0.05, 0.1) is 37.1 Å². The van der Waals surface area contributed by atoms with Gasteiger partial charge in [-0.05, 0) is 42.7 Å². The average Bonchev–Trinajstić information content (AvgIpc) is 3.27. The van der Waals surface area contributed by atoms with Crippen molar-refractivity contribution in [3.8, 4) is 0 Å². The molecule has 2 aliphatic carbocycles. The zero-order valence-electron chi connectivity index (χ0n) is 22.6. The first-order valence-electron chi connectivity index (χ1n) is 13.5. The van der Waals surface area contributed by atoms with Gasteiger partial charge in [-0.3, -0.25) is 14.7 Å².